The average molecular weight is 332 g/mol. The van der Waals surface area contributed by atoms with Gasteiger partial charge in [-0.3, -0.25) is 9.89 Å². The van der Waals surface area contributed by atoms with Crippen molar-refractivity contribution in [2.75, 3.05) is 7.05 Å². The Morgan fingerprint density at radius 3 is 2.83 bits per heavy atom. The smallest absolute Gasteiger partial charge is 0.259 e. The number of aromatic nitrogens is 7. The van der Waals surface area contributed by atoms with Crippen LogP contribution in [0.5, 0.6) is 0 Å². The highest BCUT2D eigenvalue weighted by Crippen LogP contribution is 2.27. The van der Waals surface area contributed by atoms with Gasteiger partial charge in [0, 0.05) is 11.9 Å². The third-order valence-electron chi connectivity index (χ3n) is 3.66. The van der Waals surface area contributed by atoms with Gasteiger partial charge in [-0.1, -0.05) is 0 Å². The van der Waals surface area contributed by atoms with E-state index in [2.05, 4.69) is 30.7 Å². The minimum absolute atomic E-state index is 0.149. The second-order valence-electron chi connectivity index (χ2n) is 5.15. The molecule has 0 fully saturated rings. The molecule has 0 spiro atoms. The molecule has 0 aliphatic carbocycles. The van der Waals surface area contributed by atoms with Crippen LogP contribution in [-0.2, 0) is 0 Å². The van der Waals surface area contributed by atoms with Crippen LogP contribution in [0.2, 0.25) is 0 Å². The molecule has 0 radical (unpaired) electrons. The molecule has 0 aliphatic rings. The van der Waals surface area contributed by atoms with E-state index in [1.807, 2.05) is 20.8 Å². The molecular weight excluding hydrogens is 316 g/mol. The molecule has 0 saturated heterocycles. The van der Waals surface area contributed by atoms with Gasteiger partial charge >= 0.3 is 0 Å². The predicted molar refractivity (Wildman–Crippen MR) is 83.4 cm³/mol. The maximum atomic E-state index is 12.8. The van der Waals surface area contributed by atoms with E-state index in [4.69, 9.17) is 0 Å². The number of nitrogens with zero attached hydrogens (tertiary/aromatic N) is 7. The number of H-pyrrole nitrogens is 1. The molecular formula is C13H16N8OS. The Morgan fingerprint density at radius 1 is 1.43 bits per heavy atom. The maximum absolute atomic E-state index is 12.8. The van der Waals surface area contributed by atoms with Crippen molar-refractivity contribution in [2.45, 2.75) is 26.8 Å². The van der Waals surface area contributed by atoms with E-state index in [-0.39, 0.29) is 11.9 Å². The lowest BCUT2D eigenvalue weighted by Gasteiger charge is -2.24. The van der Waals surface area contributed by atoms with Gasteiger partial charge in [-0.2, -0.15) is 9.78 Å². The fraction of sp³-hybridized carbons (Fsp3) is 0.385. The largest absolute Gasteiger partial charge is 0.333 e. The third-order valence-corrected chi connectivity index (χ3v) is 4.57. The van der Waals surface area contributed by atoms with Gasteiger partial charge in [-0.05, 0) is 31.2 Å². The van der Waals surface area contributed by atoms with E-state index in [1.165, 1.54) is 17.2 Å². The first kappa shape index (κ1) is 15.3. The van der Waals surface area contributed by atoms with Crippen molar-refractivity contribution in [3.8, 4) is 5.82 Å². The van der Waals surface area contributed by atoms with Crippen LogP contribution in [0, 0.1) is 13.8 Å². The van der Waals surface area contributed by atoms with Crippen LogP contribution in [0.25, 0.3) is 5.82 Å². The fourth-order valence-electron chi connectivity index (χ4n) is 2.36. The molecule has 23 heavy (non-hydrogen) atoms. The van der Waals surface area contributed by atoms with Crippen LogP contribution in [0.15, 0.2) is 12.5 Å². The van der Waals surface area contributed by atoms with Crippen LogP contribution in [0.3, 0.4) is 0 Å². The Bertz CT molecular complexity index is 821. The number of aromatic amines is 1. The van der Waals surface area contributed by atoms with E-state index in [1.54, 1.807) is 23.3 Å². The quantitative estimate of drug-likeness (QED) is 0.772. The molecule has 3 aromatic rings. The third kappa shape index (κ3) is 2.72. The highest BCUT2D eigenvalue weighted by atomic mass is 32.1. The number of thiazole rings is 1. The second-order valence-corrected chi connectivity index (χ2v) is 6.56. The minimum Gasteiger partial charge on any atom is -0.333 e. The summed E-state index contributed by atoms with van der Waals surface area (Å²) < 4.78 is 1.37. The van der Waals surface area contributed by atoms with Crippen molar-refractivity contribution in [3.05, 3.63) is 33.7 Å². The Kier molecular flexibility index (Phi) is 3.90. The zero-order valence-corrected chi connectivity index (χ0v) is 14.0. The standard InChI is InChI=1S/C13H16N8OS/c1-7(11-8(2)23-9(3)16-11)20(4)13(22)10-5-14-17-12(10)21-6-15-18-19-21/h5-7H,1-4H3,(H,14,17)/t7-/m0/s1. The van der Waals surface area contributed by atoms with Gasteiger partial charge in [0.05, 0.1) is 22.9 Å². The van der Waals surface area contributed by atoms with Crippen molar-refractivity contribution in [1.82, 2.24) is 40.3 Å². The maximum Gasteiger partial charge on any atom is 0.259 e. The lowest BCUT2D eigenvalue weighted by molar-refractivity contribution is 0.0739. The van der Waals surface area contributed by atoms with Crippen molar-refractivity contribution < 1.29 is 4.79 Å². The van der Waals surface area contributed by atoms with Crippen molar-refractivity contribution in [1.29, 1.82) is 0 Å². The fourth-order valence-corrected chi connectivity index (χ4v) is 3.26. The first-order valence-corrected chi connectivity index (χ1v) is 7.78. The van der Waals surface area contributed by atoms with Gasteiger partial charge in [-0.15, -0.1) is 16.4 Å². The number of aryl methyl sites for hydroxylation is 2. The highest BCUT2D eigenvalue weighted by Gasteiger charge is 2.26. The van der Waals surface area contributed by atoms with Crippen LogP contribution < -0.4 is 0 Å². The summed E-state index contributed by atoms with van der Waals surface area (Å²) in [7, 11) is 1.75. The number of tetrazole rings is 1. The molecule has 0 unspecified atom stereocenters. The molecule has 1 amide bonds. The minimum atomic E-state index is -0.179. The summed E-state index contributed by atoms with van der Waals surface area (Å²) in [5, 5.41) is 18.6. The molecule has 0 aromatic carbocycles. The summed E-state index contributed by atoms with van der Waals surface area (Å²) in [5.74, 6) is 0.257. The van der Waals surface area contributed by atoms with E-state index in [9.17, 15) is 4.79 Å². The lowest BCUT2D eigenvalue weighted by atomic mass is 10.1. The predicted octanol–water partition coefficient (Wildman–Crippen LogP) is 1.29. The molecule has 0 saturated carbocycles. The van der Waals surface area contributed by atoms with Gasteiger partial charge < -0.3 is 4.90 Å². The topological polar surface area (TPSA) is 105 Å². The molecule has 1 N–H and O–H groups in total. The zero-order valence-electron chi connectivity index (χ0n) is 13.2. The number of carbonyl (C=O) groups is 1. The number of nitrogens with one attached hydrogen (secondary N) is 1. The zero-order chi connectivity index (χ0) is 16.6. The van der Waals surface area contributed by atoms with Crippen molar-refractivity contribution >= 4 is 17.2 Å². The van der Waals surface area contributed by atoms with Crippen LogP contribution in [0.4, 0.5) is 0 Å². The molecule has 120 valence electrons. The van der Waals surface area contributed by atoms with E-state index in [0.717, 1.165) is 15.6 Å². The first-order valence-electron chi connectivity index (χ1n) is 6.97. The van der Waals surface area contributed by atoms with Crippen molar-refractivity contribution in [3.63, 3.8) is 0 Å². The molecule has 3 heterocycles. The van der Waals surface area contributed by atoms with E-state index in [0.29, 0.717) is 11.4 Å². The SMILES string of the molecule is Cc1nc([C@H](C)N(C)C(=O)c2cn[nH]c2-n2cnnn2)c(C)s1. The van der Waals surface area contributed by atoms with Gasteiger partial charge in [-0.25, -0.2) is 4.98 Å². The molecule has 0 aliphatic heterocycles. The normalized spacial score (nSPS) is 12.3. The summed E-state index contributed by atoms with van der Waals surface area (Å²) >= 11 is 1.63. The molecule has 1 atom stereocenters. The number of rotatable bonds is 4. The molecule has 3 rings (SSSR count). The summed E-state index contributed by atoms with van der Waals surface area (Å²) in [6, 6.07) is -0.149. The van der Waals surface area contributed by atoms with Gasteiger partial charge in [0.25, 0.3) is 5.91 Å². The number of amides is 1. The van der Waals surface area contributed by atoms with Crippen LogP contribution >= 0.6 is 11.3 Å². The number of hydrogen-bond donors (Lipinski definition) is 1. The Labute approximate surface area is 136 Å². The van der Waals surface area contributed by atoms with Crippen LogP contribution in [0.1, 0.15) is 38.9 Å². The number of carbonyl (C=O) groups excluding carboxylic acids is 1. The summed E-state index contributed by atoms with van der Waals surface area (Å²) in [6.07, 6.45) is 2.88. The van der Waals surface area contributed by atoms with Crippen molar-refractivity contribution in [2.24, 2.45) is 0 Å². The molecule has 10 heteroatoms. The highest BCUT2D eigenvalue weighted by molar-refractivity contribution is 7.11. The Morgan fingerprint density at radius 2 is 2.22 bits per heavy atom. The Balaban J connectivity index is 1.89. The average Bonchev–Trinajstić information content (AvgIpc) is 3.24. The van der Waals surface area contributed by atoms with Gasteiger partial charge in [0.15, 0.2) is 5.82 Å². The Hall–Kier alpha value is -2.62. The van der Waals surface area contributed by atoms with E-state index < -0.39 is 0 Å². The first-order chi connectivity index (χ1) is 11.0. The summed E-state index contributed by atoms with van der Waals surface area (Å²) in [6.45, 7) is 5.93. The lowest BCUT2D eigenvalue weighted by Crippen LogP contribution is -2.30. The van der Waals surface area contributed by atoms with E-state index >= 15 is 0 Å². The second kappa shape index (κ2) is 5.88. The monoisotopic (exact) mass is 332 g/mol. The van der Waals surface area contributed by atoms with Gasteiger partial charge in [0.1, 0.15) is 11.9 Å². The molecule has 3 aromatic heterocycles. The summed E-state index contributed by atoms with van der Waals surface area (Å²) in [5.41, 5.74) is 1.31. The van der Waals surface area contributed by atoms with Crippen LogP contribution in [-0.4, -0.2) is 53.2 Å². The van der Waals surface area contributed by atoms with Gasteiger partial charge in [0.2, 0.25) is 0 Å². The summed E-state index contributed by atoms with van der Waals surface area (Å²) in [4.78, 5) is 20.1. The number of hydrogen-bond acceptors (Lipinski definition) is 7. The molecule has 9 nitrogen and oxygen atoms in total. The molecule has 0 bridgehead atoms.